The second-order valence-corrected chi connectivity index (χ2v) is 7.20. The first kappa shape index (κ1) is 18.9. The molecule has 5 heteroatoms. The Balaban J connectivity index is 4.73. The zero-order valence-corrected chi connectivity index (χ0v) is 14.0. The van der Waals surface area contributed by atoms with Gasteiger partial charge < -0.3 is 14.8 Å². The Bertz CT molecular complexity index is 337. The van der Waals surface area contributed by atoms with E-state index in [0.29, 0.717) is 0 Å². The molecule has 0 radical (unpaired) electrons. The predicted molar refractivity (Wildman–Crippen MR) is 78.4 cm³/mol. The molecule has 1 N–H and O–H groups in total. The standard InChI is InChI=1S/C15H29NO4/c1-10(2)16-11(13(18)20-15(6,7)8)9-12(17)19-14(3,4)5/h10-11,16H,9H2,1-8H3. The number of hydrogen-bond acceptors (Lipinski definition) is 5. The van der Waals surface area contributed by atoms with E-state index in [0.717, 1.165) is 0 Å². The summed E-state index contributed by atoms with van der Waals surface area (Å²) in [6.07, 6.45) is -0.0373. The van der Waals surface area contributed by atoms with Crippen LogP contribution in [0, 0.1) is 0 Å². The fraction of sp³-hybridized carbons (Fsp3) is 0.867. The number of esters is 2. The molecule has 1 unspecified atom stereocenters. The summed E-state index contributed by atoms with van der Waals surface area (Å²) >= 11 is 0. The van der Waals surface area contributed by atoms with Gasteiger partial charge in [0, 0.05) is 6.04 Å². The topological polar surface area (TPSA) is 64.6 Å². The van der Waals surface area contributed by atoms with Crippen molar-refractivity contribution in [3.05, 3.63) is 0 Å². The molecule has 0 saturated heterocycles. The normalized spacial score (nSPS) is 14.1. The lowest BCUT2D eigenvalue weighted by Crippen LogP contribution is -2.46. The summed E-state index contributed by atoms with van der Waals surface area (Å²) in [5.41, 5.74) is -1.14. The summed E-state index contributed by atoms with van der Waals surface area (Å²) in [4.78, 5) is 24.0. The largest absolute Gasteiger partial charge is 0.460 e. The van der Waals surface area contributed by atoms with E-state index in [1.807, 2.05) is 13.8 Å². The van der Waals surface area contributed by atoms with Crippen molar-refractivity contribution in [2.24, 2.45) is 0 Å². The van der Waals surface area contributed by atoms with Crippen molar-refractivity contribution in [3.63, 3.8) is 0 Å². The van der Waals surface area contributed by atoms with Gasteiger partial charge >= 0.3 is 11.9 Å². The molecular formula is C15H29NO4. The number of rotatable bonds is 5. The van der Waals surface area contributed by atoms with Crippen molar-refractivity contribution in [2.45, 2.75) is 85.1 Å². The van der Waals surface area contributed by atoms with Crippen LogP contribution in [0.4, 0.5) is 0 Å². The fourth-order valence-corrected chi connectivity index (χ4v) is 1.54. The average molecular weight is 287 g/mol. The number of carbonyl (C=O) groups excluding carboxylic acids is 2. The SMILES string of the molecule is CC(C)NC(CC(=O)OC(C)(C)C)C(=O)OC(C)(C)C. The van der Waals surface area contributed by atoms with Crippen LogP contribution in [-0.4, -0.2) is 35.2 Å². The molecule has 0 aromatic rings. The van der Waals surface area contributed by atoms with Crippen molar-refractivity contribution in [1.82, 2.24) is 5.32 Å². The highest BCUT2D eigenvalue weighted by atomic mass is 16.6. The molecule has 0 aliphatic heterocycles. The maximum atomic E-state index is 12.1. The quantitative estimate of drug-likeness (QED) is 0.787. The van der Waals surface area contributed by atoms with E-state index in [9.17, 15) is 9.59 Å². The molecule has 0 aromatic heterocycles. The number of carbonyl (C=O) groups is 2. The fourth-order valence-electron chi connectivity index (χ4n) is 1.54. The minimum atomic E-state index is -0.691. The third-order valence-electron chi connectivity index (χ3n) is 2.02. The van der Waals surface area contributed by atoms with Crippen LogP contribution in [0.1, 0.15) is 61.8 Å². The Kier molecular flexibility index (Phi) is 6.68. The molecule has 0 heterocycles. The molecule has 5 nitrogen and oxygen atoms in total. The van der Waals surface area contributed by atoms with Gasteiger partial charge in [-0.05, 0) is 41.5 Å². The molecule has 118 valence electrons. The highest BCUT2D eigenvalue weighted by Crippen LogP contribution is 2.13. The van der Waals surface area contributed by atoms with Crippen LogP contribution >= 0.6 is 0 Å². The van der Waals surface area contributed by atoms with Gasteiger partial charge in [-0.25, -0.2) is 0 Å². The van der Waals surface area contributed by atoms with Crippen molar-refractivity contribution in [2.75, 3.05) is 0 Å². The molecule has 0 aliphatic rings. The summed E-state index contributed by atoms with van der Waals surface area (Å²) in [6.45, 7) is 14.6. The van der Waals surface area contributed by atoms with Crippen LogP contribution in [0.3, 0.4) is 0 Å². The molecule has 1 atom stereocenters. The van der Waals surface area contributed by atoms with Crippen LogP contribution in [0.2, 0.25) is 0 Å². The van der Waals surface area contributed by atoms with Gasteiger partial charge in [-0.2, -0.15) is 0 Å². The molecule has 20 heavy (non-hydrogen) atoms. The monoisotopic (exact) mass is 287 g/mol. The molecule has 0 spiro atoms. The van der Waals surface area contributed by atoms with Gasteiger partial charge in [0.05, 0.1) is 6.42 Å². The first-order valence-electron chi connectivity index (χ1n) is 7.01. The highest BCUT2D eigenvalue weighted by Gasteiger charge is 2.29. The van der Waals surface area contributed by atoms with Gasteiger partial charge in [0.2, 0.25) is 0 Å². The molecule has 0 aromatic carbocycles. The molecular weight excluding hydrogens is 258 g/mol. The van der Waals surface area contributed by atoms with E-state index in [1.54, 1.807) is 41.5 Å². The molecule has 0 saturated carbocycles. The third-order valence-corrected chi connectivity index (χ3v) is 2.02. The van der Waals surface area contributed by atoms with Crippen molar-refractivity contribution < 1.29 is 19.1 Å². The number of ether oxygens (including phenoxy) is 2. The number of nitrogens with one attached hydrogen (secondary N) is 1. The summed E-state index contributed by atoms with van der Waals surface area (Å²) < 4.78 is 10.6. The summed E-state index contributed by atoms with van der Waals surface area (Å²) in [7, 11) is 0. The lowest BCUT2D eigenvalue weighted by Gasteiger charge is -2.26. The van der Waals surface area contributed by atoms with Crippen LogP contribution in [0.15, 0.2) is 0 Å². The van der Waals surface area contributed by atoms with Crippen LogP contribution < -0.4 is 5.32 Å². The Morgan fingerprint density at radius 3 is 1.75 bits per heavy atom. The minimum Gasteiger partial charge on any atom is -0.460 e. The Labute approximate surface area is 122 Å². The molecule has 0 rings (SSSR count). The highest BCUT2D eigenvalue weighted by molar-refractivity contribution is 5.83. The van der Waals surface area contributed by atoms with E-state index >= 15 is 0 Å². The van der Waals surface area contributed by atoms with Crippen molar-refractivity contribution in [1.29, 1.82) is 0 Å². The van der Waals surface area contributed by atoms with Crippen molar-refractivity contribution in [3.8, 4) is 0 Å². The summed E-state index contributed by atoms with van der Waals surface area (Å²) in [6, 6.07) is -0.626. The second-order valence-electron chi connectivity index (χ2n) is 7.20. The first-order chi connectivity index (χ1) is 8.80. The Morgan fingerprint density at radius 1 is 0.950 bits per heavy atom. The van der Waals surface area contributed by atoms with Gasteiger partial charge in [0.1, 0.15) is 17.2 Å². The maximum absolute atomic E-state index is 12.1. The van der Waals surface area contributed by atoms with E-state index in [1.165, 1.54) is 0 Å². The van der Waals surface area contributed by atoms with Crippen molar-refractivity contribution >= 4 is 11.9 Å². The minimum absolute atomic E-state index is 0.0373. The smallest absolute Gasteiger partial charge is 0.324 e. The molecule has 0 amide bonds. The number of hydrogen-bond donors (Lipinski definition) is 1. The van der Waals surface area contributed by atoms with Gasteiger partial charge in [0.25, 0.3) is 0 Å². The lowest BCUT2D eigenvalue weighted by molar-refractivity contribution is -0.164. The predicted octanol–water partition coefficient (Wildman–Crippen LogP) is 2.43. The zero-order valence-electron chi connectivity index (χ0n) is 14.0. The first-order valence-corrected chi connectivity index (χ1v) is 7.01. The second kappa shape index (κ2) is 7.07. The molecule has 0 aliphatic carbocycles. The Hall–Kier alpha value is -1.10. The zero-order chi connectivity index (χ0) is 16.1. The van der Waals surface area contributed by atoms with E-state index < -0.39 is 29.2 Å². The van der Waals surface area contributed by atoms with E-state index in [-0.39, 0.29) is 12.5 Å². The third kappa shape index (κ3) is 9.78. The van der Waals surface area contributed by atoms with Crippen LogP contribution in [0.5, 0.6) is 0 Å². The lowest BCUT2D eigenvalue weighted by atomic mass is 10.1. The molecule has 0 fully saturated rings. The van der Waals surface area contributed by atoms with Gasteiger partial charge in [-0.15, -0.1) is 0 Å². The Morgan fingerprint density at radius 2 is 1.40 bits per heavy atom. The van der Waals surface area contributed by atoms with Gasteiger partial charge in [-0.3, -0.25) is 9.59 Å². The van der Waals surface area contributed by atoms with E-state index in [4.69, 9.17) is 9.47 Å². The molecule has 0 bridgehead atoms. The van der Waals surface area contributed by atoms with Crippen LogP contribution in [0.25, 0.3) is 0 Å². The van der Waals surface area contributed by atoms with Gasteiger partial charge in [0.15, 0.2) is 0 Å². The van der Waals surface area contributed by atoms with Gasteiger partial charge in [-0.1, -0.05) is 13.8 Å². The summed E-state index contributed by atoms with van der Waals surface area (Å²) in [5, 5.41) is 3.04. The average Bonchev–Trinajstić information content (AvgIpc) is 2.09. The van der Waals surface area contributed by atoms with E-state index in [2.05, 4.69) is 5.32 Å². The maximum Gasteiger partial charge on any atom is 0.324 e. The van der Waals surface area contributed by atoms with Crippen LogP contribution in [-0.2, 0) is 19.1 Å². The summed E-state index contributed by atoms with van der Waals surface area (Å²) in [5.74, 6) is -0.849.